The van der Waals surface area contributed by atoms with E-state index in [2.05, 4.69) is 20.3 Å². The van der Waals surface area contributed by atoms with E-state index in [1.165, 1.54) is 36.7 Å². The van der Waals surface area contributed by atoms with Crippen LogP contribution in [0.3, 0.4) is 0 Å². The monoisotopic (exact) mass is 420 g/mol. The molecule has 0 bridgehead atoms. The van der Waals surface area contributed by atoms with Crippen LogP contribution in [0.5, 0.6) is 0 Å². The van der Waals surface area contributed by atoms with Gasteiger partial charge in [-0.1, -0.05) is 6.92 Å². The molecule has 0 atom stereocenters. The summed E-state index contributed by atoms with van der Waals surface area (Å²) in [5.74, 6) is -0.237. The molecule has 3 N–H and O–H groups in total. The minimum atomic E-state index is -3.70. The first-order chi connectivity index (χ1) is 11.5. The Hall–Kier alpha value is -1.87. The summed E-state index contributed by atoms with van der Waals surface area (Å²) in [5.41, 5.74) is 0.838. The van der Waals surface area contributed by atoms with Gasteiger partial charge >= 0.3 is 0 Å². The molecular formula is C16H22Cl2N4O3S. The number of aromatic nitrogens is 1. The number of benzene rings is 1. The Morgan fingerprint density at radius 1 is 1.00 bits per heavy atom. The van der Waals surface area contributed by atoms with Crippen molar-refractivity contribution in [2.75, 3.05) is 24.4 Å². The molecule has 1 aromatic heterocycles. The highest BCUT2D eigenvalue weighted by molar-refractivity contribution is 7.92. The second kappa shape index (κ2) is 11.7. The van der Waals surface area contributed by atoms with E-state index in [0.29, 0.717) is 24.3 Å². The van der Waals surface area contributed by atoms with Crippen molar-refractivity contribution in [2.45, 2.75) is 11.8 Å². The van der Waals surface area contributed by atoms with E-state index in [1.807, 2.05) is 6.92 Å². The number of carbonyl (C=O) groups excluding carboxylic acids is 1. The number of carbonyl (C=O) groups is 1. The molecule has 0 saturated carbocycles. The molecule has 0 saturated heterocycles. The number of pyridine rings is 1. The third-order valence-corrected chi connectivity index (χ3v) is 4.59. The predicted octanol–water partition coefficient (Wildman–Crippen LogP) is 2.07. The number of nitrogens with one attached hydrogen (secondary N) is 3. The molecule has 0 aliphatic carbocycles. The van der Waals surface area contributed by atoms with Crippen molar-refractivity contribution in [1.82, 2.24) is 15.6 Å². The molecule has 0 spiro atoms. The molecule has 10 heteroatoms. The van der Waals surface area contributed by atoms with Crippen LogP contribution in [0.2, 0.25) is 0 Å². The van der Waals surface area contributed by atoms with Gasteiger partial charge in [0.15, 0.2) is 0 Å². The zero-order valence-corrected chi connectivity index (χ0v) is 16.6. The molecule has 0 radical (unpaired) electrons. The molecule has 1 aromatic carbocycles. The number of halogens is 2. The van der Waals surface area contributed by atoms with Crippen molar-refractivity contribution >= 4 is 46.4 Å². The molecule has 0 aliphatic rings. The topological polar surface area (TPSA) is 100 Å². The fraction of sp³-hybridized carbons (Fsp3) is 0.250. The maximum absolute atomic E-state index is 12.3. The zero-order chi connectivity index (χ0) is 17.4. The highest BCUT2D eigenvalue weighted by Gasteiger charge is 2.15. The fourth-order valence-electron chi connectivity index (χ4n) is 1.96. The van der Waals surface area contributed by atoms with E-state index in [0.717, 1.165) is 6.54 Å². The lowest BCUT2D eigenvalue weighted by atomic mass is 10.2. The average Bonchev–Trinajstić information content (AvgIpc) is 2.59. The molecule has 1 amide bonds. The van der Waals surface area contributed by atoms with Gasteiger partial charge in [0.2, 0.25) is 0 Å². The number of hydrogen-bond donors (Lipinski definition) is 3. The van der Waals surface area contributed by atoms with Crippen molar-refractivity contribution in [3.63, 3.8) is 0 Å². The zero-order valence-electron chi connectivity index (χ0n) is 14.1. The summed E-state index contributed by atoms with van der Waals surface area (Å²) in [4.78, 5) is 15.9. The molecule has 2 rings (SSSR count). The van der Waals surface area contributed by atoms with Crippen molar-refractivity contribution in [3.8, 4) is 0 Å². The summed E-state index contributed by atoms with van der Waals surface area (Å²) in [7, 11) is -3.70. The van der Waals surface area contributed by atoms with Gasteiger partial charge in [0.05, 0.1) is 10.6 Å². The van der Waals surface area contributed by atoms with Gasteiger partial charge in [0, 0.05) is 31.0 Å². The second-order valence-electron chi connectivity index (χ2n) is 4.98. The third kappa shape index (κ3) is 7.17. The first-order valence-electron chi connectivity index (χ1n) is 7.55. The van der Waals surface area contributed by atoms with Gasteiger partial charge in [0.1, 0.15) is 0 Å². The Morgan fingerprint density at radius 2 is 1.62 bits per heavy atom. The van der Waals surface area contributed by atoms with E-state index in [9.17, 15) is 13.2 Å². The number of rotatable bonds is 8. The second-order valence-corrected chi connectivity index (χ2v) is 6.66. The number of likely N-dealkylation sites (N-methyl/N-ethyl adjacent to an activating group) is 1. The Kier molecular flexibility index (Phi) is 10.8. The average molecular weight is 421 g/mol. The summed E-state index contributed by atoms with van der Waals surface area (Å²) in [6.45, 7) is 4.02. The summed E-state index contributed by atoms with van der Waals surface area (Å²) < 4.78 is 27.0. The summed E-state index contributed by atoms with van der Waals surface area (Å²) in [5, 5.41) is 5.86. The van der Waals surface area contributed by atoms with E-state index in [4.69, 9.17) is 0 Å². The van der Waals surface area contributed by atoms with Crippen molar-refractivity contribution in [2.24, 2.45) is 0 Å². The van der Waals surface area contributed by atoms with Crippen molar-refractivity contribution < 1.29 is 13.2 Å². The van der Waals surface area contributed by atoms with Gasteiger partial charge in [-0.25, -0.2) is 8.42 Å². The van der Waals surface area contributed by atoms with Crippen molar-refractivity contribution in [3.05, 3.63) is 54.4 Å². The molecule has 144 valence electrons. The maximum atomic E-state index is 12.3. The van der Waals surface area contributed by atoms with Crippen LogP contribution in [0.25, 0.3) is 0 Å². The van der Waals surface area contributed by atoms with Crippen LogP contribution in [0.15, 0.2) is 53.7 Å². The molecule has 26 heavy (non-hydrogen) atoms. The highest BCUT2D eigenvalue weighted by atomic mass is 35.5. The number of sulfonamides is 1. The maximum Gasteiger partial charge on any atom is 0.261 e. The lowest BCUT2D eigenvalue weighted by molar-refractivity contribution is 0.0954. The fourth-order valence-corrected chi connectivity index (χ4v) is 3.02. The Balaban J connectivity index is 0.00000312. The van der Waals surface area contributed by atoms with E-state index in [-0.39, 0.29) is 35.6 Å². The largest absolute Gasteiger partial charge is 0.351 e. The van der Waals surface area contributed by atoms with E-state index >= 15 is 0 Å². The van der Waals surface area contributed by atoms with Gasteiger partial charge in [0.25, 0.3) is 15.9 Å². The van der Waals surface area contributed by atoms with Crippen LogP contribution in [0.4, 0.5) is 5.69 Å². The minimum Gasteiger partial charge on any atom is -0.351 e. The van der Waals surface area contributed by atoms with Crippen LogP contribution in [0.1, 0.15) is 17.3 Å². The third-order valence-electron chi connectivity index (χ3n) is 3.20. The Morgan fingerprint density at radius 3 is 2.19 bits per heavy atom. The lowest BCUT2D eigenvalue weighted by Crippen LogP contribution is -2.31. The normalized spacial score (nSPS) is 10.2. The van der Waals surface area contributed by atoms with Crippen LogP contribution in [0, 0.1) is 0 Å². The smallest absolute Gasteiger partial charge is 0.261 e. The molecule has 2 aromatic rings. The standard InChI is InChI=1S/C16H20N4O3S.2ClH/c1-2-17-11-12-19-16(21)13-3-5-15(6-4-13)24(22,23)20-14-7-9-18-10-8-14;;/h3-10,17H,2,11-12H2,1H3,(H,18,20)(H,19,21);2*1H. The SMILES string of the molecule is CCNCCNC(=O)c1ccc(S(=O)(=O)Nc2ccncc2)cc1.Cl.Cl. The van der Waals surface area contributed by atoms with Gasteiger partial charge < -0.3 is 10.6 Å². The minimum absolute atomic E-state index is 0. The van der Waals surface area contributed by atoms with Crippen LogP contribution in [-0.4, -0.2) is 38.9 Å². The summed E-state index contributed by atoms with van der Waals surface area (Å²) in [6, 6.07) is 8.91. The quantitative estimate of drug-likeness (QED) is 0.567. The number of hydrogen-bond acceptors (Lipinski definition) is 5. The van der Waals surface area contributed by atoms with Gasteiger partial charge in [-0.2, -0.15) is 0 Å². The highest BCUT2D eigenvalue weighted by Crippen LogP contribution is 2.15. The van der Waals surface area contributed by atoms with Gasteiger partial charge in [-0.3, -0.25) is 14.5 Å². The summed E-state index contributed by atoms with van der Waals surface area (Å²) >= 11 is 0. The molecule has 1 heterocycles. The van der Waals surface area contributed by atoms with Crippen LogP contribution < -0.4 is 15.4 Å². The van der Waals surface area contributed by atoms with E-state index < -0.39 is 10.0 Å². The lowest BCUT2D eigenvalue weighted by Gasteiger charge is -2.09. The van der Waals surface area contributed by atoms with Crippen LogP contribution in [-0.2, 0) is 10.0 Å². The molecule has 0 aliphatic heterocycles. The first kappa shape index (κ1) is 24.1. The van der Waals surface area contributed by atoms with Gasteiger partial charge in [-0.15, -0.1) is 24.8 Å². The number of nitrogens with zero attached hydrogens (tertiary/aromatic N) is 1. The molecule has 0 unspecified atom stereocenters. The van der Waals surface area contributed by atoms with E-state index in [1.54, 1.807) is 12.1 Å². The Bertz CT molecular complexity index is 772. The Labute approximate surface area is 165 Å². The molecule has 7 nitrogen and oxygen atoms in total. The summed E-state index contributed by atoms with van der Waals surface area (Å²) in [6.07, 6.45) is 3.00. The molecule has 0 fully saturated rings. The number of anilines is 1. The number of amides is 1. The van der Waals surface area contributed by atoms with Gasteiger partial charge in [-0.05, 0) is 42.9 Å². The molecular weight excluding hydrogens is 399 g/mol. The van der Waals surface area contributed by atoms with Crippen molar-refractivity contribution in [1.29, 1.82) is 0 Å². The predicted molar refractivity (Wildman–Crippen MR) is 107 cm³/mol. The van der Waals surface area contributed by atoms with Crippen LogP contribution >= 0.6 is 24.8 Å². The first-order valence-corrected chi connectivity index (χ1v) is 9.03.